The molecule has 0 atom stereocenters. The van der Waals surface area contributed by atoms with E-state index in [4.69, 9.17) is 4.74 Å². The van der Waals surface area contributed by atoms with Gasteiger partial charge >= 0.3 is 0 Å². The van der Waals surface area contributed by atoms with Gasteiger partial charge in [-0.1, -0.05) is 30.3 Å². The summed E-state index contributed by atoms with van der Waals surface area (Å²) in [4.78, 5) is 11.4. The van der Waals surface area contributed by atoms with Crippen LogP contribution in [0.1, 0.15) is 24.0 Å². The average Bonchev–Trinajstić information content (AvgIpc) is 3.40. The molecule has 0 aromatic heterocycles. The van der Waals surface area contributed by atoms with Crippen molar-refractivity contribution in [1.82, 2.24) is 5.43 Å². The molecule has 1 aliphatic rings. The molecular weight excluding hydrogens is 276 g/mol. The molecule has 4 heteroatoms. The van der Waals surface area contributed by atoms with Gasteiger partial charge < -0.3 is 4.74 Å². The minimum Gasteiger partial charge on any atom is -0.489 e. The van der Waals surface area contributed by atoms with Gasteiger partial charge in [-0.3, -0.25) is 4.79 Å². The number of ether oxygens (including phenoxy) is 1. The van der Waals surface area contributed by atoms with Crippen LogP contribution in [-0.4, -0.2) is 12.1 Å². The number of carbonyl (C=O) groups is 1. The molecule has 0 heterocycles. The Hall–Kier alpha value is -2.62. The zero-order chi connectivity index (χ0) is 15.2. The lowest BCUT2D eigenvalue weighted by atomic mass is 10.2. The Morgan fingerprint density at radius 1 is 1.14 bits per heavy atom. The van der Waals surface area contributed by atoms with Gasteiger partial charge in [0.2, 0.25) is 5.91 Å². The predicted octanol–water partition coefficient (Wildman–Crippen LogP) is 3.13. The Kier molecular flexibility index (Phi) is 4.49. The number of benzene rings is 2. The van der Waals surface area contributed by atoms with Crippen LogP contribution in [0.25, 0.3) is 0 Å². The molecule has 1 aliphatic carbocycles. The Balaban J connectivity index is 1.49. The first-order chi connectivity index (χ1) is 10.8. The second-order valence-electron chi connectivity index (χ2n) is 5.35. The summed E-state index contributed by atoms with van der Waals surface area (Å²) in [7, 11) is 0. The average molecular weight is 294 g/mol. The quantitative estimate of drug-likeness (QED) is 0.657. The maximum absolute atomic E-state index is 11.4. The number of nitrogens with zero attached hydrogens (tertiary/aromatic N) is 1. The summed E-state index contributed by atoms with van der Waals surface area (Å²) in [5.41, 5.74) is 4.61. The van der Waals surface area contributed by atoms with Gasteiger partial charge in [0, 0.05) is 5.92 Å². The van der Waals surface area contributed by atoms with Crippen LogP contribution in [0, 0.1) is 5.92 Å². The van der Waals surface area contributed by atoms with E-state index >= 15 is 0 Å². The number of amides is 1. The highest BCUT2D eigenvalue weighted by molar-refractivity contribution is 5.84. The van der Waals surface area contributed by atoms with E-state index in [0.29, 0.717) is 6.61 Å². The lowest BCUT2D eigenvalue weighted by Crippen LogP contribution is -2.18. The standard InChI is InChI=1S/C18H18N2O2/c21-18(16-8-9-16)20-19-12-14-6-10-17(11-7-14)22-13-15-4-2-1-3-5-15/h1-7,10-12,16H,8-9,13H2,(H,20,21)/b19-12-. The van der Waals surface area contributed by atoms with Crippen LogP contribution < -0.4 is 10.2 Å². The topological polar surface area (TPSA) is 50.7 Å². The minimum absolute atomic E-state index is 0.0130. The van der Waals surface area contributed by atoms with E-state index in [1.54, 1.807) is 6.21 Å². The maximum atomic E-state index is 11.4. The van der Waals surface area contributed by atoms with Crippen LogP contribution in [-0.2, 0) is 11.4 Å². The fraction of sp³-hybridized carbons (Fsp3) is 0.222. The smallest absolute Gasteiger partial charge is 0.243 e. The highest BCUT2D eigenvalue weighted by Crippen LogP contribution is 2.28. The van der Waals surface area contributed by atoms with Crippen molar-refractivity contribution in [3.63, 3.8) is 0 Å². The lowest BCUT2D eigenvalue weighted by Gasteiger charge is -2.06. The van der Waals surface area contributed by atoms with Crippen LogP contribution in [0.3, 0.4) is 0 Å². The SMILES string of the molecule is O=C(N/N=C\c1ccc(OCc2ccccc2)cc1)C1CC1. The van der Waals surface area contributed by atoms with Gasteiger partial charge in [0.25, 0.3) is 0 Å². The fourth-order valence-electron chi connectivity index (χ4n) is 2.00. The van der Waals surface area contributed by atoms with Crippen LogP contribution in [0.4, 0.5) is 0 Å². The number of hydrazone groups is 1. The van der Waals surface area contributed by atoms with E-state index in [1.807, 2.05) is 54.6 Å². The van der Waals surface area contributed by atoms with Gasteiger partial charge in [-0.15, -0.1) is 0 Å². The number of carbonyl (C=O) groups excluding carboxylic acids is 1. The molecule has 1 saturated carbocycles. The third kappa shape index (κ3) is 4.19. The molecule has 2 aromatic rings. The Bertz CT molecular complexity index is 647. The Labute approximate surface area is 129 Å². The van der Waals surface area contributed by atoms with E-state index in [0.717, 1.165) is 29.7 Å². The maximum Gasteiger partial charge on any atom is 0.243 e. The molecule has 0 saturated heterocycles. The summed E-state index contributed by atoms with van der Waals surface area (Å²) in [6.07, 6.45) is 3.60. The second kappa shape index (κ2) is 6.89. The van der Waals surface area contributed by atoms with Gasteiger partial charge in [0.1, 0.15) is 12.4 Å². The zero-order valence-corrected chi connectivity index (χ0v) is 12.2. The van der Waals surface area contributed by atoms with Crippen molar-refractivity contribution in [2.24, 2.45) is 11.0 Å². The van der Waals surface area contributed by atoms with Crippen LogP contribution in [0.5, 0.6) is 5.75 Å². The number of rotatable bonds is 6. The molecule has 1 N–H and O–H groups in total. The van der Waals surface area contributed by atoms with E-state index < -0.39 is 0 Å². The van der Waals surface area contributed by atoms with Gasteiger partial charge in [0.05, 0.1) is 6.21 Å². The first kappa shape index (κ1) is 14.3. The molecule has 0 spiro atoms. The molecular formula is C18H18N2O2. The minimum atomic E-state index is 0.0130. The molecule has 0 aliphatic heterocycles. The monoisotopic (exact) mass is 294 g/mol. The summed E-state index contributed by atoms with van der Waals surface area (Å²) in [6.45, 7) is 0.547. The van der Waals surface area contributed by atoms with Crippen molar-refractivity contribution in [2.75, 3.05) is 0 Å². The van der Waals surface area contributed by atoms with Gasteiger partial charge in [-0.25, -0.2) is 5.43 Å². The van der Waals surface area contributed by atoms with E-state index in [9.17, 15) is 4.79 Å². The summed E-state index contributed by atoms with van der Waals surface area (Å²) >= 11 is 0. The number of hydrogen-bond donors (Lipinski definition) is 1. The number of nitrogens with one attached hydrogen (secondary N) is 1. The lowest BCUT2D eigenvalue weighted by molar-refractivity contribution is -0.122. The van der Waals surface area contributed by atoms with Crippen LogP contribution in [0.15, 0.2) is 59.7 Å². The molecule has 3 rings (SSSR count). The van der Waals surface area contributed by atoms with E-state index in [2.05, 4.69) is 10.5 Å². The van der Waals surface area contributed by atoms with Crippen molar-refractivity contribution in [3.8, 4) is 5.75 Å². The Morgan fingerprint density at radius 3 is 2.55 bits per heavy atom. The molecule has 4 nitrogen and oxygen atoms in total. The molecule has 1 fully saturated rings. The highest BCUT2D eigenvalue weighted by Gasteiger charge is 2.29. The summed E-state index contributed by atoms with van der Waals surface area (Å²) in [5.74, 6) is 0.994. The second-order valence-corrected chi connectivity index (χ2v) is 5.35. The van der Waals surface area contributed by atoms with Crippen molar-refractivity contribution < 1.29 is 9.53 Å². The van der Waals surface area contributed by atoms with Crippen molar-refractivity contribution in [1.29, 1.82) is 0 Å². The third-order valence-corrected chi connectivity index (χ3v) is 3.46. The zero-order valence-electron chi connectivity index (χ0n) is 12.2. The largest absolute Gasteiger partial charge is 0.489 e. The first-order valence-corrected chi connectivity index (χ1v) is 7.41. The van der Waals surface area contributed by atoms with Crippen molar-refractivity contribution in [2.45, 2.75) is 19.4 Å². The Morgan fingerprint density at radius 2 is 1.86 bits per heavy atom. The molecule has 112 valence electrons. The molecule has 0 radical (unpaired) electrons. The third-order valence-electron chi connectivity index (χ3n) is 3.46. The predicted molar refractivity (Wildman–Crippen MR) is 85.7 cm³/mol. The van der Waals surface area contributed by atoms with E-state index in [-0.39, 0.29) is 11.8 Å². The summed E-state index contributed by atoms with van der Waals surface area (Å²) < 4.78 is 5.72. The normalized spacial score (nSPS) is 14.0. The van der Waals surface area contributed by atoms with Crippen LogP contribution in [0.2, 0.25) is 0 Å². The van der Waals surface area contributed by atoms with Gasteiger partial charge in [0.15, 0.2) is 0 Å². The fourth-order valence-corrected chi connectivity index (χ4v) is 2.00. The molecule has 0 unspecified atom stereocenters. The van der Waals surface area contributed by atoms with Crippen molar-refractivity contribution >= 4 is 12.1 Å². The highest BCUT2D eigenvalue weighted by atomic mass is 16.5. The van der Waals surface area contributed by atoms with E-state index in [1.165, 1.54) is 0 Å². The number of hydrogen-bond acceptors (Lipinski definition) is 3. The first-order valence-electron chi connectivity index (χ1n) is 7.41. The summed E-state index contributed by atoms with van der Waals surface area (Å²) in [6, 6.07) is 17.6. The molecule has 2 aromatic carbocycles. The molecule has 22 heavy (non-hydrogen) atoms. The van der Waals surface area contributed by atoms with Gasteiger partial charge in [-0.05, 0) is 48.2 Å². The summed E-state index contributed by atoms with van der Waals surface area (Å²) in [5, 5.41) is 3.96. The molecule has 1 amide bonds. The van der Waals surface area contributed by atoms with Crippen LogP contribution >= 0.6 is 0 Å². The molecule has 0 bridgehead atoms. The van der Waals surface area contributed by atoms with Gasteiger partial charge in [-0.2, -0.15) is 5.10 Å². The van der Waals surface area contributed by atoms with Crippen molar-refractivity contribution in [3.05, 3.63) is 65.7 Å².